The van der Waals surface area contributed by atoms with Crippen LogP contribution in [0.15, 0.2) is 29.2 Å². The molecule has 7 nitrogen and oxygen atoms in total. The monoisotopic (exact) mass is 390 g/mol. The van der Waals surface area contributed by atoms with Crippen molar-refractivity contribution in [2.24, 2.45) is 5.92 Å². The van der Waals surface area contributed by atoms with Gasteiger partial charge in [0.2, 0.25) is 15.9 Å². The zero-order valence-corrected chi connectivity index (χ0v) is 16.3. The molecule has 1 amide bonds. The van der Waals surface area contributed by atoms with Crippen LogP contribution in [0, 0.1) is 23.7 Å². The molecule has 1 N–H and O–H groups in total. The van der Waals surface area contributed by atoms with Gasteiger partial charge in [-0.2, -0.15) is 9.57 Å². The van der Waals surface area contributed by atoms with Gasteiger partial charge in [0.15, 0.2) is 5.78 Å². The van der Waals surface area contributed by atoms with E-state index < -0.39 is 16.1 Å². The predicted octanol–water partition coefficient (Wildman–Crippen LogP) is 1.65. The average molecular weight is 390 g/mol. The number of Topliss-reactive ketones (excluding diaryl/α,β-unsaturated/α-hetero) is 1. The lowest BCUT2D eigenvalue weighted by molar-refractivity contribution is -0.126. The lowest BCUT2D eigenvalue weighted by Crippen LogP contribution is -2.44. The van der Waals surface area contributed by atoms with Gasteiger partial charge in [-0.05, 0) is 37.3 Å². The van der Waals surface area contributed by atoms with Crippen molar-refractivity contribution in [2.45, 2.75) is 44.0 Å². The molecule has 0 unspecified atom stereocenters. The van der Waals surface area contributed by atoms with Crippen molar-refractivity contribution in [1.82, 2.24) is 9.62 Å². The first-order valence-electron chi connectivity index (χ1n) is 8.91. The number of nitrogens with one attached hydrogen (secondary N) is 1. The Kier molecular flexibility index (Phi) is 7.11. The molecule has 1 heterocycles. The first-order chi connectivity index (χ1) is 12.8. The normalized spacial score (nSPS) is 18.7. The van der Waals surface area contributed by atoms with Gasteiger partial charge in [0.1, 0.15) is 6.07 Å². The second-order valence-corrected chi connectivity index (χ2v) is 8.86. The van der Waals surface area contributed by atoms with Crippen molar-refractivity contribution in [3.8, 4) is 6.07 Å². The first-order valence-corrected chi connectivity index (χ1v) is 10.4. The highest BCUT2D eigenvalue weighted by Gasteiger charge is 2.33. The molecule has 1 fully saturated rings. The van der Waals surface area contributed by atoms with Crippen LogP contribution in [0.5, 0.6) is 0 Å². The molecule has 145 valence electrons. The second-order valence-electron chi connectivity index (χ2n) is 6.95. The van der Waals surface area contributed by atoms with E-state index in [1.807, 2.05) is 19.9 Å². The summed E-state index contributed by atoms with van der Waals surface area (Å²) >= 11 is 0. The summed E-state index contributed by atoms with van der Waals surface area (Å²) in [5.74, 6) is -0.327. The van der Waals surface area contributed by atoms with Crippen LogP contribution >= 0.6 is 0 Å². The van der Waals surface area contributed by atoms with Crippen LogP contribution in [-0.4, -0.2) is 43.5 Å². The van der Waals surface area contributed by atoms with E-state index in [0.29, 0.717) is 25.2 Å². The van der Waals surface area contributed by atoms with Crippen LogP contribution in [0.25, 0.3) is 0 Å². The van der Waals surface area contributed by atoms with Crippen LogP contribution in [0.1, 0.15) is 38.7 Å². The van der Waals surface area contributed by atoms with Gasteiger partial charge in [-0.3, -0.25) is 9.59 Å². The molecule has 2 rings (SSSR count). The van der Waals surface area contributed by atoms with E-state index in [1.165, 1.54) is 18.6 Å². The highest BCUT2D eigenvalue weighted by Crippen LogP contribution is 2.22. The Morgan fingerprint density at radius 3 is 2.78 bits per heavy atom. The van der Waals surface area contributed by atoms with Gasteiger partial charge in [-0.1, -0.05) is 26.0 Å². The Labute approximate surface area is 160 Å². The maximum absolute atomic E-state index is 12.9. The zero-order chi connectivity index (χ0) is 20.0. The van der Waals surface area contributed by atoms with Crippen molar-refractivity contribution < 1.29 is 18.0 Å². The summed E-state index contributed by atoms with van der Waals surface area (Å²) in [6.45, 7) is 3.82. The quantitative estimate of drug-likeness (QED) is 0.795. The van der Waals surface area contributed by atoms with Crippen LogP contribution in [0.3, 0.4) is 0 Å². The third-order valence-corrected chi connectivity index (χ3v) is 6.24. The summed E-state index contributed by atoms with van der Waals surface area (Å²) in [7, 11) is -3.96. The summed E-state index contributed by atoms with van der Waals surface area (Å²) in [6, 6.07) is 7.10. The molecular weight excluding hydrogens is 366 g/mol. The highest BCUT2D eigenvalue weighted by molar-refractivity contribution is 7.89. The van der Waals surface area contributed by atoms with E-state index in [2.05, 4.69) is 5.32 Å². The van der Waals surface area contributed by atoms with Gasteiger partial charge in [-0.15, -0.1) is 0 Å². The molecule has 0 saturated carbocycles. The Hall–Kier alpha value is -2.24. The molecule has 1 saturated heterocycles. The number of hydrogen-bond acceptors (Lipinski definition) is 5. The minimum absolute atomic E-state index is 0.0438. The highest BCUT2D eigenvalue weighted by atomic mass is 32.2. The van der Waals surface area contributed by atoms with Crippen LogP contribution in [0.4, 0.5) is 0 Å². The molecule has 1 atom stereocenters. The Balaban J connectivity index is 2.11. The third kappa shape index (κ3) is 5.37. The van der Waals surface area contributed by atoms with E-state index >= 15 is 0 Å². The van der Waals surface area contributed by atoms with E-state index in [4.69, 9.17) is 5.26 Å². The van der Waals surface area contributed by atoms with Gasteiger partial charge in [0.05, 0.1) is 23.0 Å². The van der Waals surface area contributed by atoms with Crippen LogP contribution in [0.2, 0.25) is 0 Å². The first kappa shape index (κ1) is 21.1. The fourth-order valence-corrected chi connectivity index (χ4v) is 4.44. The number of hydrogen-bond donors (Lipinski definition) is 1. The molecule has 0 aliphatic carbocycles. The molecule has 0 bridgehead atoms. The molecule has 1 aliphatic rings. The largest absolute Gasteiger partial charge is 0.346 e. The van der Waals surface area contributed by atoms with Gasteiger partial charge >= 0.3 is 0 Å². The lowest BCUT2D eigenvalue weighted by atomic mass is 10.1. The Bertz CT molecular complexity index is 843. The number of nitrogens with zero attached hydrogens (tertiary/aromatic N) is 2. The molecule has 1 aromatic rings. The van der Waals surface area contributed by atoms with Gasteiger partial charge in [-0.25, -0.2) is 8.42 Å². The van der Waals surface area contributed by atoms with Crippen molar-refractivity contribution in [3.63, 3.8) is 0 Å². The summed E-state index contributed by atoms with van der Waals surface area (Å²) < 4.78 is 26.9. The third-order valence-electron chi connectivity index (χ3n) is 4.34. The zero-order valence-electron chi connectivity index (χ0n) is 15.5. The predicted molar refractivity (Wildman–Crippen MR) is 99.8 cm³/mol. The van der Waals surface area contributed by atoms with Gasteiger partial charge < -0.3 is 5.32 Å². The standard InChI is InChI=1S/C19H24N3O4S/c1-14(2)9-10-19(24)21-16-7-5-11-22(13-17(16)23)27(25,26)18-8-4-3-6-15(18)12-20/h3-4,6,8,10,14,16H,5,7,9,11,13H2,1-2H3,(H,21,24)/t16-/m0/s1. The minimum Gasteiger partial charge on any atom is -0.346 e. The van der Waals surface area contributed by atoms with E-state index in [-0.39, 0.29) is 35.2 Å². The summed E-state index contributed by atoms with van der Waals surface area (Å²) in [5.41, 5.74) is 0.0438. The van der Waals surface area contributed by atoms with Crippen molar-refractivity contribution in [3.05, 3.63) is 36.2 Å². The molecule has 0 aromatic heterocycles. The van der Waals surface area contributed by atoms with Crippen molar-refractivity contribution in [1.29, 1.82) is 5.26 Å². The van der Waals surface area contributed by atoms with Gasteiger partial charge in [0, 0.05) is 13.0 Å². The molecule has 27 heavy (non-hydrogen) atoms. The van der Waals surface area contributed by atoms with E-state index in [0.717, 1.165) is 4.31 Å². The SMILES string of the molecule is CC(C)C[CH]C(=O)N[C@H]1CCCN(S(=O)(=O)c2ccccc2C#N)CC1=O. The summed E-state index contributed by atoms with van der Waals surface area (Å²) in [5, 5.41) is 11.8. The van der Waals surface area contributed by atoms with Crippen LogP contribution in [-0.2, 0) is 19.6 Å². The maximum Gasteiger partial charge on any atom is 0.244 e. The number of carbonyl (C=O) groups excluding carboxylic acids is 2. The summed E-state index contributed by atoms with van der Waals surface area (Å²) in [6.07, 6.45) is 2.94. The fraction of sp³-hybridized carbons (Fsp3) is 0.474. The lowest BCUT2D eigenvalue weighted by Gasteiger charge is -2.20. The molecule has 0 spiro atoms. The molecule has 1 aliphatic heterocycles. The van der Waals surface area contributed by atoms with Gasteiger partial charge in [0.25, 0.3) is 0 Å². The Morgan fingerprint density at radius 1 is 1.41 bits per heavy atom. The number of benzene rings is 1. The second kappa shape index (κ2) is 9.11. The topological polar surface area (TPSA) is 107 Å². The van der Waals surface area contributed by atoms with Crippen molar-refractivity contribution >= 4 is 21.7 Å². The molecule has 1 radical (unpaired) electrons. The molecule has 8 heteroatoms. The molecular formula is C19H24N3O4S. The number of amides is 1. The van der Waals surface area contributed by atoms with E-state index in [9.17, 15) is 18.0 Å². The number of carbonyl (C=O) groups is 2. The Morgan fingerprint density at radius 2 is 2.11 bits per heavy atom. The summed E-state index contributed by atoms with van der Waals surface area (Å²) in [4.78, 5) is 24.4. The average Bonchev–Trinajstić information content (AvgIpc) is 2.82. The number of nitriles is 1. The minimum atomic E-state index is -3.96. The smallest absolute Gasteiger partial charge is 0.244 e. The number of sulfonamides is 1. The fourth-order valence-electron chi connectivity index (χ4n) is 2.85. The van der Waals surface area contributed by atoms with E-state index in [1.54, 1.807) is 12.1 Å². The van der Waals surface area contributed by atoms with Crippen LogP contribution < -0.4 is 5.32 Å². The number of rotatable bonds is 6. The van der Waals surface area contributed by atoms with Crippen molar-refractivity contribution in [2.75, 3.05) is 13.1 Å². The maximum atomic E-state index is 12.9. The molecule has 1 aromatic carbocycles. The number of ketones is 1.